The van der Waals surface area contributed by atoms with Gasteiger partial charge in [-0.2, -0.15) is 0 Å². The van der Waals surface area contributed by atoms with E-state index in [1.54, 1.807) is 11.3 Å². The predicted molar refractivity (Wildman–Crippen MR) is 182 cm³/mol. The summed E-state index contributed by atoms with van der Waals surface area (Å²) in [6.45, 7) is 0. The first-order valence-corrected chi connectivity index (χ1v) is 15.3. The van der Waals surface area contributed by atoms with Crippen molar-refractivity contribution in [1.29, 1.82) is 0 Å². The SMILES string of the molecule is c1ccc2cc3c(cc2c1)c1ccccc1n3-c1ccc(-c2nc3ccc4oc5ccccc5c4c3s2)c2ccccc12. The quantitative estimate of drug-likeness (QED) is 0.208. The van der Waals surface area contributed by atoms with E-state index in [2.05, 4.69) is 120 Å². The molecule has 3 nitrogen and oxygen atoms in total. The first kappa shape index (κ1) is 23.1. The molecule has 0 amide bonds. The van der Waals surface area contributed by atoms with Gasteiger partial charge in [-0.3, -0.25) is 0 Å². The maximum atomic E-state index is 6.18. The molecule has 0 saturated heterocycles. The number of hydrogen-bond acceptors (Lipinski definition) is 3. The second-order valence-electron chi connectivity index (χ2n) is 11.2. The highest BCUT2D eigenvalue weighted by atomic mass is 32.1. The number of benzene rings is 7. The van der Waals surface area contributed by atoms with Crippen molar-refractivity contribution in [2.45, 2.75) is 0 Å². The monoisotopic (exact) mass is 566 g/mol. The van der Waals surface area contributed by atoms with Crippen molar-refractivity contribution >= 4 is 86.8 Å². The van der Waals surface area contributed by atoms with E-state index in [4.69, 9.17) is 9.40 Å². The first-order chi connectivity index (χ1) is 21.3. The minimum Gasteiger partial charge on any atom is -0.456 e. The lowest BCUT2D eigenvalue weighted by atomic mass is 10.0. The molecule has 0 spiro atoms. The van der Waals surface area contributed by atoms with Crippen molar-refractivity contribution < 1.29 is 4.42 Å². The Kier molecular flexibility index (Phi) is 4.60. The standard InChI is InChI=1S/C39H22N2OS/c1-2-10-24-22-34-30(21-23(24)9-1)27-13-5-7-15-32(27)41(34)33-19-17-28(25-11-3-4-12-26(25)33)39-40-31-18-20-36-37(38(31)43-39)29-14-6-8-16-35(29)42-36/h1-22H. The minimum atomic E-state index is 0.906. The summed E-state index contributed by atoms with van der Waals surface area (Å²) < 4.78 is 9.78. The Morgan fingerprint density at radius 1 is 0.535 bits per heavy atom. The molecule has 200 valence electrons. The number of nitrogens with zero attached hydrogens (tertiary/aromatic N) is 2. The van der Waals surface area contributed by atoms with E-state index in [0.29, 0.717) is 0 Å². The number of hydrogen-bond donors (Lipinski definition) is 0. The fraction of sp³-hybridized carbons (Fsp3) is 0. The van der Waals surface area contributed by atoms with Gasteiger partial charge in [0.05, 0.1) is 26.9 Å². The maximum Gasteiger partial charge on any atom is 0.137 e. The molecule has 0 aliphatic carbocycles. The lowest BCUT2D eigenvalue weighted by Gasteiger charge is -2.14. The van der Waals surface area contributed by atoms with E-state index in [0.717, 1.165) is 38.0 Å². The Balaban J connectivity index is 1.25. The first-order valence-electron chi connectivity index (χ1n) is 14.5. The molecule has 0 unspecified atom stereocenters. The van der Waals surface area contributed by atoms with Crippen LogP contribution in [0.25, 0.3) is 91.8 Å². The number of furan rings is 1. The van der Waals surface area contributed by atoms with Crippen LogP contribution in [0.5, 0.6) is 0 Å². The van der Waals surface area contributed by atoms with E-state index >= 15 is 0 Å². The Bertz CT molecular complexity index is 2740. The number of thiazole rings is 1. The highest BCUT2D eigenvalue weighted by molar-refractivity contribution is 7.22. The summed E-state index contributed by atoms with van der Waals surface area (Å²) in [5.74, 6) is 0. The number of rotatable bonds is 2. The molecule has 0 N–H and O–H groups in total. The van der Waals surface area contributed by atoms with Gasteiger partial charge in [-0.15, -0.1) is 11.3 Å². The fourth-order valence-electron chi connectivity index (χ4n) is 6.89. The molecule has 10 aromatic rings. The average molecular weight is 567 g/mol. The Morgan fingerprint density at radius 2 is 1.26 bits per heavy atom. The third-order valence-corrected chi connectivity index (χ3v) is 9.93. The second-order valence-corrected chi connectivity index (χ2v) is 12.2. The topological polar surface area (TPSA) is 31.0 Å². The number of fused-ring (bicyclic) bond motifs is 10. The van der Waals surface area contributed by atoms with Crippen molar-refractivity contribution in [2.24, 2.45) is 0 Å². The third-order valence-electron chi connectivity index (χ3n) is 8.81. The summed E-state index contributed by atoms with van der Waals surface area (Å²) in [5.41, 5.74) is 7.56. The van der Waals surface area contributed by atoms with Crippen LogP contribution in [0, 0.1) is 0 Å². The summed E-state index contributed by atoms with van der Waals surface area (Å²) in [4.78, 5) is 5.17. The zero-order valence-corrected chi connectivity index (χ0v) is 23.7. The van der Waals surface area contributed by atoms with Gasteiger partial charge in [0.2, 0.25) is 0 Å². The van der Waals surface area contributed by atoms with Crippen LogP contribution >= 0.6 is 11.3 Å². The molecular formula is C39H22N2OS. The molecule has 4 heteroatoms. The third kappa shape index (κ3) is 3.21. The largest absolute Gasteiger partial charge is 0.456 e. The summed E-state index contributed by atoms with van der Waals surface area (Å²) >= 11 is 1.75. The fourth-order valence-corrected chi connectivity index (χ4v) is 8.05. The molecule has 0 atom stereocenters. The van der Waals surface area contributed by atoms with Gasteiger partial charge in [0, 0.05) is 32.5 Å². The van der Waals surface area contributed by atoms with E-state index in [-0.39, 0.29) is 0 Å². The predicted octanol–water partition coefficient (Wildman–Crippen LogP) is 11.3. The highest BCUT2D eigenvalue weighted by Crippen LogP contribution is 2.43. The normalized spacial score (nSPS) is 12.2. The van der Waals surface area contributed by atoms with Gasteiger partial charge in [0.1, 0.15) is 16.2 Å². The molecule has 3 heterocycles. The van der Waals surface area contributed by atoms with Crippen LogP contribution < -0.4 is 0 Å². The lowest BCUT2D eigenvalue weighted by Crippen LogP contribution is -1.96. The molecule has 0 fully saturated rings. The molecule has 0 saturated carbocycles. The molecule has 0 bridgehead atoms. The summed E-state index contributed by atoms with van der Waals surface area (Å²) in [6.07, 6.45) is 0. The Hall–Kier alpha value is -5.45. The zero-order chi connectivity index (χ0) is 28.1. The summed E-state index contributed by atoms with van der Waals surface area (Å²) in [7, 11) is 0. The average Bonchev–Trinajstić information content (AvgIpc) is 3.75. The van der Waals surface area contributed by atoms with E-state index in [1.165, 1.54) is 53.7 Å². The van der Waals surface area contributed by atoms with Crippen LogP contribution in [0.4, 0.5) is 0 Å². The van der Waals surface area contributed by atoms with Gasteiger partial charge < -0.3 is 8.98 Å². The van der Waals surface area contributed by atoms with Crippen molar-refractivity contribution in [3.8, 4) is 16.3 Å². The van der Waals surface area contributed by atoms with Gasteiger partial charge in [-0.05, 0) is 64.7 Å². The van der Waals surface area contributed by atoms with Gasteiger partial charge in [0.25, 0.3) is 0 Å². The van der Waals surface area contributed by atoms with E-state index in [9.17, 15) is 0 Å². The van der Waals surface area contributed by atoms with Crippen molar-refractivity contribution in [3.05, 3.63) is 133 Å². The van der Waals surface area contributed by atoms with Gasteiger partial charge in [0.15, 0.2) is 0 Å². The van der Waals surface area contributed by atoms with Crippen molar-refractivity contribution in [3.63, 3.8) is 0 Å². The lowest BCUT2D eigenvalue weighted by molar-refractivity contribution is 0.669. The van der Waals surface area contributed by atoms with Gasteiger partial charge in [-0.25, -0.2) is 4.98 Å². The second kappa shape index (κ2) is 8.54. The van der Waals surface area contributed by atoms with Crippen LogP contribution in [0.2, 0.25) is 0 Å². The zero-order valence-electron chi connectivity index (χ0n) is 22.9. The Labute approximate surface area is 249 Å². The molecule has 43 heavy (non-hydrogen) atoms. The maximum absolute atomic E-state index is 6.18. The molecule has 0 aliphatic rings. The smallest absolute Gasteiger partial charge is 0.137 e. The molecule has 0 radical (unpaired) electrons. The minimum absolute atomic E-state index is 0.906. The van der Waals surface area contributed by atoms with Crippen LogP contribution in [0.1, 0.15) is 0 Å². The number of para-hydroxylation sites is 2. The number of aromatic nitrogens is 2. The van der Waals surface area contributed by atoms with Crippen LogP contribution in [0.15, 0.2) is 138 Å². The molecular weight excluding hydrogens is 545 g/mol. The summed E-state index contributed by atoms with van der Waals surface area (Å²) in [5, 5.41) is 10.7. The molecule has 0 aliphatic heterocycles. The molecule has 10 rings (SSSR count). The van der Waals surface area contributed by atoms with Gasteiger partial charge >= 0.3 is 0 Å². The van der Waals surface area contributed by atoms with Crippen LogP contribution in [-0.4, -0.2) is 9.55 Å². The van der Waals surface area contributed by atoms with Crippen molar-refractivity contribution in [2.75, 3.05) is 0 Å². The van der Waals surface area contributed by atoms with Crippen LogP contribution in [-0.2, 0) is 0 Å². The van der Waals surface area contributed by atoms with Crippen LogP contribution in [0.3, 0.4) is 0 Å². The highest BCUT2D eigenvalue weighted by Gasteiger charge is 2.19. The Morgan fingerprint density at radius 3 is 2.14 bits per heavy atom. The molecule has 7 aromatic carbocycles. The van der Waals surface area contributed by atoms with Gasteiger partial charge in [-0.1, -0.05) is 84.9 Å². The van der Waals surface area contributed by atoms with E-state index in [1.807, 2.05) is 18.2 Å². The van der Waals surface area contributed by atoms with Crippen molar-refractivity contribution in [1.82, 2.24) is 9.55 Å². The molecule has 3 aromatic heterocycles. The summed E-state index contributed by atoms with van der Waals surface area (Å²) in [6, 6.07) is 47.7. The van der Waals surface area contributed by atoms with E-state index < -0.39 is 0 Å².